The Morgan fingerprint density at radius 3 is 3.35 bits per heavy atom. The third kappa shape index (κ3) is 2.20. The Hall–Kier alpha value is -1.81. The summed E-state index contributed by atoms with van der Waals surface area (Å²) in [5.74, 6) is 1.07. The summed E-state index contributed by atoms with van der Waals surface area (Å²) in [5.41, 5.74) is 4.05. The fourth-order valence-corrected chi connectivity index (χ4v) is 3.15. The van der Waals surface area contributed by atoms with Crippen LogP contribution in [0.25, 0.3) is 0 Å². The van der Waals surface area contributed by atoms with E-state index in [1.54, 1.807) is 0 Å². The summed E-state index contributed by atoms with van der Waals surface area (Å²) in [7, 11) is 0. The summed E-state index contributed by atoms with van der Waals surface area (Å²) >= 11 is 0. The minimum atomic E-state index is 0.559. The maximum Gasteiger partial charge on any atom is 0.122 e. The summed E-state index contributed by atoms with van der Waals surface area (Å²) < 4.78 is 7.66. The Kier molecular flexibility index (Phi) is 2.96. The lowest BCUT2D eigenvalue weighted by molar-refractivity contribution is 0.356. The van der Waals surface area contributed by atoms with Crippen molar-refractivity contribution in [3.63, 3.8) is 0 Å². The predicted octanol–water partition coefficient (Wildman–Crippen LogP) is 1.92. The van der Waals surface area contributed by atoms with Crippen LogP contribution < -0.4 is 10.1 Å². The van der Waals surface area contributed by atoms with Gasteiger partial charge in [-0.25, -0.2) is 0 Å². The van der Waals surface area contributed by atoms with E-state index in [4.69, 9.17) is 4.74 Å². The molecule has 2 aromatic rings. The number of fused-ring (bicyclic) bond motifs is 2. The Labute approximate surface area is 118 Å². The molecular weight excluding hydrogens is 250 g/mol. The summed E-state index contributed by atoms with van der Waals surface area (Å²) in [5, 5.41) is 8.00. The van der Waals surface area contributed by atoms with Gasteiger partial charge in [0.15, 0.2) is 0 Å². The van der Waals surface area contributed by atoms with E-state index < -0.39 is 0 Å². The second-order valence-electron chi connectivity index (χ2n) is 5.66. The van der Waals surface area contributed by atoms with Crippen LogP contribution in [0.5, 0.6) is 5.75 Å². The van der Waals surface area contributed by atoms with Crippen LogP contribution in [0.1, 0.15) is 23.2 Å². The van der Waals surface area contributed by atoms with E-state index in [1.165, 1.54) is 16.8 Å². The maximum absolute atomic E-state index is 5.55. The Balaban J connectivity index is 1.39. The van der Waals surface area contributed by atoms with Gasteiger partial charge in [-0.3, -0.25) is 4.68 Å². The molecule has 4 rings (SSSR count). The van der Waals surface area contributed by atoms with Gasteiger partial charge in [0, 0.05) is 43.9 Å². The zero-order valence-electron chi connectivity index (χ0n) is 11.5. The summed E-state index contributed by atoms with van der Waals surface area (Å²) in [6.07, 6.45) is 5.18. The fraction of sp³-hybridized carbons (Fsp3) is 0.438. The summed E-state index contributed by atoms with van der Waals surface area (Å²) in [4.78, 5) is 0. The lowest BCUT2D eigenvalue weighted by Crippen LogP contribution is -2.36. The van der Waals surface area contributed by atoms with Crippen LogP contribution in [0.4, 0.5) is 0 Å². The summed E-state index contributed by atoms with van der Waals surface area (Å²) in [6.45, 7) is 2.79. The molecule has 1 atom stereocenters. The van der Waals surface area contributed by atoms with Crippen molar-refractivity contribution in [3.8, 4) is 5.75 Å². The van der Waals surface area contributed by atoms with Crippen molar-refractivity contribution in [1.82, 2.24) is 15.1 Å². The molecule has 2 aliphatic heterocycles. The topological polar surface area (TPSA) is 39.1 Å². The third-order valence-corrected chi connectivity index (χ3v) is 4.30. The largest absolute Gasteiger partial charge is 0.493 e. The van der Waals surface area contributed by atoms with Crippen LogP contribution in [0.15, 0.2) is 30.5 Å². The average Bonchev–Trinajstić information content (AvgIpc) is 3.12. The molecule has 1 aromatic heterocycles. The molecule has 0 amide bonds. The molecule has 20 heavy (non-hydrogen) atoms. The molecular formula is C16H19N3O. The predicted molar refractivity (Wildman–Crippen MR) is 76.8 cm³/mol. The zero-order valence-corrected chi connectivity index (χ0v) is 11.5. The highest BCUT2D eigenvalue weighted by Gasteiger charge is 2.18. The normalized spacial score (nSPS) is 20.3. The van der Waals surface area contributed by atoms with Crippen molar-refractivity contribution in [2.45, 2.75) is 38.4 Å². The molecule has 0 aliphatic carbocycles. The van der Waals surface area contributed by atoms with Crippen molar-refractivity contribution < 1.29 is 4.74 Å². The molecule has 1 aromatic carbocycles. The first-order valence-corrected chi connectivity index (χ1v) is 7.37. The molecule has 0 fully saturated rings. The zero-order chi connectivity index (χ0) is 13.4. The number of rotatable bonds is 3. The van der Waals surface area contributed by atoms with E-state index in [2.05, 4.69) is 39.4 Å². The monoisotopic (exact) mass is 269 g/mol. The van der Waals surface area contributed by atoms with Crippen molar-refractivity contribution in [2.24, 2.45) is 0 Å². The molecule has 1 N–H and O–H groups in total. The number of benzene rings is 1. The van der Waals surface area contributed by atoms with E-state index in [0.29, 0.717) is 6.04 Å². The van der Waals surface area contributed by atoms with Gasteiger partial charge < -0.3 is 10.1 Å². The number of hydrogen-bond acceptors (Lipinski definition) is 3. The first kappa shape index (κ1) is 12.0. The van der Waals surface area contributed by atoms with Gasteiger partial charge in [0.25, 0.3) is 0 Å². The molecule has 0 saturated carbocycles. The molecule has 2 aliphatic rings. The van der Waals surface area contributed by atoms with Gasteiger partial charge in [-0.15, -0.1) is 0 Å². The Morgan fingerprint density at radius 2 is 2.35 bits per heavy atom. The van der Waals surface area contributed by atoms with Crippen molar-refractivity contribution in [1.29, 1.82) is 0 Å². The molecule has 0 unspecified atom stereocenters. The van der Waals surface area contributed by atoms with E-state index in [1.807, 2.05) is 6.20 Å². The highest BCUT2D eigenvalue weighted by molar-refractivity contribution is 5.39. The van der Waals surface area contributed by atoms with Gasteiger partial charge in [-0.05, 0) is 29.7 Å². The highest BCUT2D eigenvalue weighted by atomic mass is 16.5. The van der Waals surface area contributed by atoms with Crippen molar-refractivity contribution in [2.75, 3.05) is 6.61 Å². The molecule has 0 radical (unpaired) electrons. The van der Waals surface area contributed by atoms with E-state index >= 15 is 0 Å². The Morgan fingerprint density at radius 1 is 1.35 bits per heavy atom. The fourth-order valence-electron chi connectivity index (χ4n) is 3.15. The van der Waals surface area contributed by atoms with Gasteiger partial charge in [0.05, 0.1) is 6.61 Å². The molecule has 3 heterocycles. The van der Waals surface area contributed by atoms with Gasteiger partial charge in [-0.1, -0.05) is 12.1 Å². The van der Waals surface area contributed by atoms with Gasteiger partial charge >= 0.3 is 0 Å². The van der Waals surface area contributed by atoms with Gasteiger partial charge in [0.2, 0.25) is 0 Å². The SMILES string of the molecule is c1cc2n(n1)CC[C@H](NCc1ccc3c(c1)CCO3)C2. The summed E-state index contributed by atoms with van der Waals surface area (Å²) in [6, 6.07) is 9.24. The van der Waals surface area contributed by atoms with Crippen LogP contribution in [-0.2, 0) is 25.9 Å². The Bertz CT molecular complexity index is 620. The number of aryl methyl sites for hydroxylation is 1. The minimum absolute atomic E-state index is 0.559. The van der Waals surface area contributed by atoms with E-state index in [9.17, 15) is 0 Å². The first-order valence-electron chi connectivity index (χ1n) is 7.37. The molecule has 0 bridgehead atoms. The van der Waals surface area contributed by atoms with Crippen LogP contribution in [0.3, 0.4) is 0 Å². The second kappa shape index (κ2) is 4.94. The number of hydrogen-bond donors (Lipinski definition) is 1. The standard InChI is InChI=1S/C16H19N3O/c1-2-16-13(5-8-20-16)9-12(1)11-17-14-4-7-19-15(10-14)3-6-18-19/h1-3,6,9,14,17H,4-5,7-8,10-11H2/t14-/m0/s1. The minimum Gasteiger partial charge on any atom is -0.493 e. The number of nitrogens with zero attached hydrogens (tertiary/aromatic N) is 2. The van der Waals surface area contributed by atoms with Crippen LogP contribution in [-0.4, -0.2) is 22.4 Å². The second-order valence-corrected chi connectivity index (χ2v) is 5.66. The quantitative estimate of drug-likeness (QED) is 0.925. The van der Waals surface area contributed by atoms with E-state index in [0.717, 1.165) is 44.7 Å². The molecule has 4 heteroatoms. The lowest BCUT2D eigenvalue weighted by atomic mass is 10.0. The molecule has 0 spiro atoms. The van der Waals surface area contributed by atoms with E-state index in [-0.39, 0.29) is 0 Å². The van der Waals surface area contributed by atoms with Gasteiger partial charge in [0.1, 0.15) is 5.75 Å². The van der Waals surface area contributed by atoms with Crippen molar-refractivity contribution in [3.05, 3.63) is 47.3 Å². The van der Waals surface area contributed by atoms with Crippen LogP contribution in [0.2, 0.25) is 0 Å². The van der Waals surface area contributed by atoms with Crippen LogP contribution >= 0.6 is 0 Å². The lowest BCUT2D eigenvalue weighted by Gasteiger charge is -2.24. The van der Waals surface area contributed by atoms with Crippen LogP contribution in [0, 0.1) is 0 Å². The molecule has 0 saturated heterocycles. The number of aromatic nitrogens is 2. The third-order valence-electron chi connectivity index (χ3n) is 4.30. The number of ether oxygens (including phenoxy) is 1. The molecule has 4 nitrogen and oxygen atoms in total. The highest BCUT2D eigenvalue weighted by Crippen LogP contribution is 2.26. The first-order chi connectivity index (χ1) is 9.88. The molecule has 104 valence electrons. The number of nitrogens with one attached hydrogen (secondary N) is 1. The van der Waals surface area contributed by atoms with Gasteiger partial charge in [-0.2, -0.15) is 5.10 Å². The smallest absolute Gasteiger partial charge is 0.122 e. The van der Waals surface area contributed by atoms with Crippen molar-refractivity contribution >= 4 is 0 Å². The average molecular weight is 269 g/mol. The maximum atomic E-state index is 5.55.